The van der Waals surface area contributed by atoms with Crippen LogP contribution in [0.15, 0.2) is 0 Å². The van der Waals surface area contributed by atoms with E-state index in [9.17, 15) is 4.79 Å². The van der Waals surface area contributed by atoms with Crippen molar-refractivity contribution >= 4 is 5.97 Å². The van der Waals surface area contributed by atoms with Crippen molar-refractivity contribution in [3.05, 3.63) is 0 Å². The van der Waals surface area contributed by atoms with Gasteiger partial charge in [0.1, 0.15) is 0 Å². The zero-order chi connectivity index (χ0) is 10.8. The topological polar surface area (TPSA) is 46.5 Å². The third-order valence-electron chi connectivity index (χ3n) is 2.21. The lowest BCUT2D eigenvalue weighted by atomic mass is 10.2. The van der Waals surface area contributed by atoms with E-state index in [1.165, 1.54) is 19.3 Å². The molecule has 0 heterocycles. The van der Waals surface area contributed by atoms with Crippen molar-refractivity contribution in [2.45, 2.75) is 58.5 Å². The molecule has 84 valence electrons. The summed E-state index contributed by atoms with van der Waals surface area (Å²) >= 11 is 0. The number of carbonyl (C=O) groups is 1. The van der Waals surface area contributed by atoms with Crippen molar-refractivity contribution in [2.75, 3.05) is 6.61 Å². The summed E-state index contributed by atoms with van der Waals surface area (Å²) in [6, 6.07) is 0. The first-order valence-electron chi connectivity index (χ1n) is 5.54. The average molecular weight is 202 g/mol. The van der Waals surface area contributed by atoms with Crippen LogP contribution >= 0.6 is 0 Å². The number of aliphatic carboxylic acids is 1. The highest BCUT2D eigenvalue weighted by Crippen LogP contribution is 2.06. The smallest absolute Gasteiger partial charge is 0.305 e. The lowest BCUT2D eigenvalue weighted by molar-refractivity contribution is -0.140. The SMILES string of the molecule is CCCCCCOC(CC)CC(=O)O. The van der Waals surface area contributed by atoms with Crippen molar-refractivity contribution in [1.82, 2.24) is 0 Å². The quantitative estimate of drug-likeness (QED) is 0.585. The summed E-state index contributed by atoms with van der Waals surface area (Å²) in [6.07, 6.45) is 5.48. The first-order valence-corrected chi connectivity index (χ1v) is 5.54. The molecule has 0 aliphatic carbocycles. The number of hydrogen-bond acceptors (Lipinski definition) is 2. The van der Waals surface area contributed by atoms with Crippen molar-refractivity contribution in [1.29, 1.82) is 0 Å². The molecular weight excluding hydrogens is 180 g/mol. The summed E-state index contributed by atoms with van der Waals surface area (Å²) < 4.78 is 5.47. The molecule has 0 saturated heterocycles. The second-order valence-corrected chi connectivity index (χ2v) is 3.56. The highest BCUT2D eigenvalue weighted by atomic mass is 16.5. The monoisotopic (exact) mass is 202 g/mol. The van der Waals surface area contributed by atoms with Gasteiger partial charge in [-0.2, -0.15) is 0 Å². The third-order valence-corrected chi connectivity index (χ3v) is 2.21. The van der Waals surface area contributed by atoms with Gasteiger partial charge in [0.25, 0.3) is 0 Å². The number of unbranched alkanes of at least 4 members (excludes halogenated alkanes) is 3. The molecule has 3 heteroatoms. The van der Waals surface area contributed by atoms with E-state index in [1.807, 2.05) is 6.92 Å². The Morgan fingerprint density at radius 2 is 2.00 bits per heavy atom. The van der Waals surface area contributed by atoms with E-state index in [4.69, 9.17) is 9.84 Å². The fraction of sp³-hybridized carbons (Fsp3) is 0.909. The summed E-state index contributed by atoms with van der Waals surface area (Å²) in [4.78, 5) is 10.4. The molecule has 14 heavy (non-hydrogen) atoms. The largest absolute Gasteiger partial charge is 0.481 e. The van der Waals surface area contributed by atoms with Gasteiger partial charge in [-0.25, -0.2) is 0 Å². The molecule has 0 bridgehead atoms. The highest BCUT2D eigenvalue weighted by molar-refractivity contribution is 5.67. The van der Waals surface area contributed by atoms with Crippen molar-refractivity contribution in [3.8, 4) is 0 Å². The van der Waals surface area contributed by atoms with E-state index in [1.54, 1.807) is 0 Å². The van der Waals surface area contributed by atoms with Gasteiger partial charge >= 0.3 is 5.97 Å². The zero-order valence-corrected chi connectivity index (χ0v) is 9.29. The molecule has 1 N–H and O–H groups in total. The van der Waals surface area contributed by atoms with Gasteiger partial charge in [-0.1, -0.05) is 33.1 Å². The summed E-state index contributed by atoms with van der Waals surface area (Å²) in [5.74, 6) is -0.773. The van der Waals surface area contributed by atoms with Crippen LogP contribution in [0.1, 0.15) is 52.4 Å². The molecule has 0 aliphatic rings. The number of carboxylic acid groups (broad SMARTS) is 1. The number of rotatable bonds is 9. The number of carboxylic acids is 1. The predicted octanol–water partition coefficient (Wildman–Crippen LogP) is 2.84. The van der Waals surface area contributed by atoms with Gasteiger partial charge < -0.3 is 9.84 Å². The Balaban J connectivity index is 3.38. The highest BCUT2D eigenvalue weighted by Gasteiger charge is 2.10. The molecular formula is C11H22O3. The molecule has 0 aliphatic heterocycles. The fourth-order valence-electron chi connectivity index (χ4n) is 1.29. The minimum absolute atomic E-state index is 0.103. The molecule has 1 unspecified atom stereocenters. The Bertz CT molecular complexity index is 145. The summed E-state index contributed by atoms with van der Waals surface area (Å²) in [7, 11) is 0. The maximum Gasteiger partial charge on any atom is 0.305 e. The second-order valence-electron chi connectivity index (χ2n) is 3.56. The van der Waals surface area contributed by atoms with Crippen LogP contribution in [-0.4, -0.2) is 23.8 Å². The first kappa shape index (κ1) is 13.4. The van der Waals surface area contributed by atoms with Crippen LogP contribution in [0.5, 0.6) is 0 Å². The number of ether oxygens (including phenoxy) is 1. The van der Waals surface area contributed by atoms with Crippen molar-refractivity contribution < 1.29 is 14.6 Å². The van der Waals surface area contributed by atoms with Crippen LogP contribution < -0.4 is 0 Å². The van der Waals surface area contributed by atoms with E-state index in [0.717, 1.165) is 12.8 Å². The lowest BCUT2D eigenvalue weighted by Crippen LogP contribution is -2.17. The second kappa shape index (κ2) is 9.00. The molecule has 0 aromatic heterocycles. The molecule has 0 radical (unpaired) electrons. The van der Waals surface area contributed by atoms with Crippen molar-refractivity contribution in [3.63, 3.8) is 0 Å². The van der Waals surface area contributed by atoms with E-state index in [0.29, 0.717) is 6.61 Å². The predicted molar refractivity (Wildman–Crippen MR) is 56.4 cm³/mol. The minimum Gasteiger partial charge on any atom is -0.481 e. The van der Waals surface area contributed by atoms with Crippen molar-refractivity contribution in [2.24, 2.45) is 0 Å². The van der Waals surface area contributed by atoms with Gasteiger partial charge in [0, 0.05) is 6.61 Å². The maximum atomic E-state index is 10.4. The van der Waals surface area contributed by atoms with E-state index < -0.39 is 5.97 Å². The Hall–Kier alpha value is -0.570. The Kier molecular flexibility index (Phi) is 8.64. The van der Waals surface area contributed by atoms with Crippen LogP contribution in [0.3, 0.4) is 0 Å². The van der Waals surface area contributed by atoms with Crippen LogP contribution in [0.2, 0.25) is 0 Å². The zero-order valence-electron chi connectivity index (χ0n) is 9.29. The van der Waals surface area contributed by atoms with Crippen LogP contribution in [0, 0.1) is 0 Å². The number of hydrogen-bond donors (Lipinski definition) is 1. The first-order chi connectivity index (χ1) is 6.70. The molecule has 0 aromatic rings. The van der Waals surface area contributed by atoms with Crippen LogP contribution in [-0.2, 0) is 9.53 Å². The van der Waals surface area contributed by atoms with Gasteiger partial charge in [-0.15, -0.1) is 0 Å². The maximum absolute atomic E-state index is 10.4. The molecule has 3 nitrogen and oxygen atoms in total. The summed E-state index contributed by atoms with van der Waals surface area (Å²) in [5.41, 5.74) is 0. The van der Waals surface area contributed by atoms with Gasteiger partial charge in [0.05, 0.1) is 12.5 Å². The van der Waals surface area contributed by atoms with E-state index in [2.05, 4.69) is 6.92 Å². The van der Waals surface area contributed by atoms with Gasteiger partial charge in [-0.05, 0) is 12.8 Å². The van der Waals surface area contributed by atoms with Gasteiger partial charge in [0.2, 0.25) is 0 Å². The van der Waals surface area contributed by atoms with Crippen LogP contribution in [0.25, 0.3) is 0 Å². The fourth-order valence-corrected chi connectivity index (χ4v) is 1.29. The Labute approximate surface area is 86.5 Å². The lowest BCUT2D eigenvalue weighted by Gasteiger charge is -2.13. The molecule has 1 atom stereocenters. The van der Waals surface area contributed by atoms with Gasteiger partial charge in [-0.3, -0.25) is 4.79 Å². The molecule has 0 spiro atoms. The Morgan fingerprint density at radius 3 is 2.50 bits per heavy atom. The Morgan fingerprint density at radius 1 is 1.29 bits per heavy atom. The molecule has 0 saturated carbocycles. The molecule has 0 amide bonds. The third kappa shape index (κ3) is 8.05. The van der Waals surface area contributed by atoms with Gasteiger partial charge in [0.15, 0.2) is 0 Å². The molecule has 0 aromatic carbocycles. The molecule has 0 rings (SSSR count). The van der Waals surface area contributed by atoms with E-state index in [-0.39, 0.29) is 12.5 Å². The summed E-state index contributed by atoms with van der Waals surface area (Å²) in [5, 5.41) is 8.58. The summed E-state index contributed by atoms with van der Waals surface area (Å²) in [6.45, 7) is 4.82. The van der Waals surface area contributed by atoms with Crippen LogP contribution in [0.4, 0.5) is 0 Å². The molecule has 0 fully saturated rings. The standard InChI is InChI=1S/C11H22O3/c1-3-5-6-7-8-14-10(4-2)9-11(12)13/h10H,3-9H2,1-2H3,(H,12,13). The normalized spacial score (nSPS) is 12.7. The average Bonchev–Trinajstić information content (AvgIpc) is 2.15. The minimum atomic E-state index is -0.773. The van der Waals surface area contributed by atoms with E-state index >= 15 is 0 Å².